The summed E-state index contributed by atoms with van der Waals surface area (Å²) in [7, 11) is 0. The highest BCUT2D eigenvalue weighted by Gasteiger charge is 2.08. The summed E-state index contributed by atoms with van der Waals surface area (Å²) in [6, 6.07) is 0. The summed E-state index contributed by atoms with van der Waals surface area (Å²) in [5.74, 6) is -0.0572. The third-order valence-corrected chi connectivity index (χ3v) is 8.55. The van der Waals surface area contributed by atoms with E-state index in [0.717, 1.165) is 91.0 Å². The van der Waals surface area contributed by atoms with Gasteiger partial charge in [-0.15, -0.1) is 0 Å². The van der Waals surface area contributed by atoms with Gasteiger partial charge in [-0.25, -0.2) is 0 Å². The second-order valence-corrected chi connectivity index (χ2v) is 13.1. The number of nitrogens with zero attached hydrogens (tertiary/aromatic N) is 1. The van der Waals surface area contributed by atoms with Gasteiger partial charge in [-0.3, -0.25) is 9.69 Å². The first-order valence-electron chi connectivity index (χ1n) is 20.2. The second kappa shape index (κ2) is 40.7. The van der Waals surface area contributed by atoms with Gasteiger partial charge in [0, 0.05) is 39.3 Å². The standard InChI is InChI=1S/C42H79NO4/c1-4-7-10-13-16-19-22-25-28-31-37-45-39-34-43(35-40-46-38-32-29-26-23-20-17-14-11-8-5-2)36-41-47-42(44)33-30-27-24-21-18-15-12-9-6-3/h7-12H,4-6,13-41H2,1-3H3/b10-7+,11-8+,12-9+. The van der Waals surface area contributed by atoms with Crippen molar-refractivity contribution in [2.75, 3.05) is 52.7 Å². The van der Waals surface area contributed by atoms with E-state index in [4.69, 9.17) is 14.2 Å². The average molecular weight is 662 g/mol. The Morgan fingerprint density at radius 2 is 0.787 bits per heavy atom. The van der Waals surface area contributed by atoms with Crippen molar-refractivity contribution in [1.29, 1.82) is 0 Å². The zero-order chi connectivity index (χ0) is 34.1. The summed E-state index contributed by atoms with van der Waals surface area (Å²) in [5.41, 5.74) is 0. The lowest BCUT2D eigenvalue weighted by molar-refractivity contribution is -0.144. The van der Waals surface area contributed by atoms with Crippen molar-refractivity contribution in [2.45, 2.75) is 175 Å². The van der Waals surface area contributed by atoms with Crippen molar-refractivity contribution in [3.05, 3.63) is 36.5 Å². The fourth-order valence-electron chi connectivity index (χ4n) is 5.55. The van der Waals surface area contributed by atoms with Gasteiger partial charge in [0.15, 0.2) is 0 Å². The highest BCUT2D eigenvalue weighted by atomic mass is 16.5. The SMILES string of the molecule is CC/C=C/CCCCCCCCOCCN(CCOCCCCCCCC/C=C/CC)CCOC(=O)CCCCCCC/C=C/CC. The molecule has 0 heterocycles. The molecule has 0 saturated carbocycles. The summed E-state index contributed by atoms with van der Waals surface area (Å²) in [6.45, 7) is 12.6. The molecule has 0 aliphatic carbocycles. The van der Waals surface area contributed by atoms with Crippen LogP contribution in [-0.2, 0) is 19.0 Å². The van der Waals surface area contributed by atoms with Crippen LogP contribution < -0.4 is 0 Å². The van der Waals surface area contributed by atoms with Crippen LogP contribution >= 0.6 is 0 Å². The Morgan fingerprint density at radius 3 is 1.21 bits per heavy atom. The molecule has 0 spiro atoms. The van der Waals surface area contributed by atoms with Crippen LogP contribution in [0.3, 0.4) is 0 Å². The lowest BCUT2D eigenvalue weighted by Gasteiger charge is -2.22. The maximum atomic E-state index is 12.3. The zero-order valence-electron chi connectivity index (χ0n) is 31.7. The van der Waals surface area contributed by atoms with E-state index in [1.54, 1.807) is 0 Å². The Hall–Kier alpha value is -1.43. The van der Waals surface area contributed by atoms with Crippen molar-refractivity contribution in [3.8, 4) is 0 Å². The largest absolute Gasteiger partial charge is 0.464 e. The molecule has 0 aromatic heterocycles. The van der Waals surface area contributed by atoms with E-state index in [2.05, 4.69) is 62.1 Å². The van der Waals surface area contributed by atoms with Gasteiger partial charge in [-0.1, -0.05) is 128 Å². The van der Waals surface area contributed by atoms with Crippen molar-refractivity contribution in [2.24, 2.45) is 0 Å². The van der Waals surface area contributed by atoms with Crippen LogP contribution in [0.15, 0.2) is 36.5 Å². The van der Waals surface area contributed by atoms with E-state index in [1.165, 1.54) is 103 Å². The van der Waals surface area contributed by atoms with E-state index >= 15 is 0 Å². The molecule has 0 rings (SSSR count). The minimum absolute atomic E-state index is 0.0572. The summed E-state index contributed by atoms with van der Waals surface area (Å²) in [5, 5.41) is 0. The Kier molecular flexibility index (Phi) is 39.5. The Labute approximate surface area is 293 Å². The lowest BCUT2D eigenvalue weighted by Crippen LogP contribution is -2.34. The summed E-state index contributed by atoms with van der Waals surface area (Å²) < 4.78 is 17.6. The Morgan fingerprint density at radius 1 is 0.426 bits per heavy atom. The minimum atomic E-state index is -0.0572. The van der Waals surface area contributed by atoms with Crippen molar-refractivity contribution >= 4 is 5.97 Å². The van der Waals surface area contributed by atoms with E-state index in [1.807, 2.05) is 0 Å². The maximum Gasteiger partial charge on any atom is 0.305 e. The molecule has 5 heteroatoms. The number of carbonyl (C=O) groups excluding carboxylic acids is 1. The van der Waals surface area contributed by atoms with Gasteiger partial charge in [0.2, 0.25) is 0 Å². The fraction of sp³-hybridized carbons (Fsp3) is 0.833. The topological polar surface area (TPSA) is 48.0 Å². The van der Waals surface area contributed by atoms with Gasteiger partial charge < -0.3 is 14.2 Å². The number of unbranched alkanes of at least 4 members (excludes halogenated alkanes) is 17. The molecule has 5 nitrogen and oxygen atoms in total. The molecule has 276 valence electrons. The molecule has 0 amide bonds. The molecular formula is C42H79NO4. The second-order valence-electron chi connectivity index (χ2n) is 13.1. The number of rotatable bonds is 38. The van der Waals surface area contributed by atoms with E-state index in [-0.39, 0.29) is 5.97 Å². The molecule has 0 saturated heterocycles. The monoisotopic (exact) mass is 662 g/mol. The molecule has 0 aromatic rings. The Balaban J connectivity index is 4.09. The van der Waals surface area contributed by atoms with E-state index in [0.29, 0.717) is 13.0 Å². The molecule has 0 aliphatic heterocycles. The summed E-state index contributed by atoms with van der Waals surface area (Å²) >= 11 is 0. The van der Waals surface area contributed by atoms with Gasteiger partial charge in [-0.2, -0.15) is 0 Å². The van der Waals surface area contributed by atoms with Crippen LogP contribution in [-0.4, -0.2) is 63.5 Å². The molecule has 0 bridgehead atoms. The summed E-state index contributed by atoms with van der Waals surface area (Å²) in [4.78, 5) is 14.6. The minimum Gasteiger partial charge on any atom is -0.464 e. The summed E-state index contributed by atoms with van der Waals surface area (Å²) in [6.07, 6.45) is 42.4. The molecule has 0 aromatic carbocycles. The van der Waals surface area contributed by atoms with Gasteiger partial charge in [0.05, 0.1) is 13.2 Å². The van der Waals surface area contributed by atoms with Crippen LogP contribution in [0.5, 0.6) is 0 Å². The van der Waals surface area contributed by atoms with Crippen LogP contribution in [0, 0.1) is 0 Å². The van der Waals surface area contributed by atoms with Crippen molar-refractivity contribution in [1.82, 2.24) is 4.90 Å². The first-order chi connectivity index (χ1) is 23.2. The van der Waals surface area contributed by atoms with Crippen molar-refractivity contribution in [3.63, 3.8) is 0 Å². The first kappa shape index (κ1) is 45.6. The van der Waals surface area contributed by atoms with Gasteiger partial charge in [-0.05, 0) is 77.0 Å². The number of hydrogen-bond acceptors (Lipinski definition) is 5. The fourth-order valence-corrected chi connectivity index (χ4v) is 5.55. The molecule has 0 unspecified atom stereocenters. The smallest absolute Gasteiger partial charge is 0.305 e. The normalized spacial score (nSPS) is 12.1. The Bertz CT molecular complexity index is 669. The number of ether oxygens (including phenoxy) is 3. The lowest BCUT2D eigenvalue weighted by atomic mass is 10.1. The molecule has 0 N–H and O–H groups in total. The highest BCUT2D eigenvalue weighted by Crippen LogP contribution is 2.10. The van der Waals surface area contributed by atoms with E-state index < -0.39 is 0 Å². The van der Waals surface area contributed by atoms with Crippen LogP contribution in [0.4, 0.5) is 0 Å². The van der Waals surface area contributed by atoms with Crippen molar-refractivity contribution < 1.29 is 19.0 Å². The maximum absolute atomic E-state index is 12.3. The number of carbonyl (C=O) groups is 1. The molecule has 0 radical (unpaired) electrons. The van der Waals surface area contributed by atoms with Crippen LogP contribution in [0.25, 0.3) is 0 Å². The van der Waals surface area contributed by atoms with Gasteiger partial charge in [0.1, 0.15) is 6.61 Å². The predicted molar refractivity (Wildman–Crippen MR) is 204 cm³/mol. The molecule has 47 heavy (non-hydrogen) atoms. The highest BCUT2D eigenvalue weighted by molar-refractivity contribution is 5.69. The molecular weight excluding hydrogens is 582 g/mol. The molecule has 0 atom stereocenters. The van der Waals surface area contributed by atoms with Crippen LogP contribution in [0.1, 0.15) is 175 Å². The predicted octanol–water partition coefficient (Wildman–Crippen LogP) is 12.0. The third kappa shape index (κ3) is 38.9. The first-order valence-corrected chi connectivity index (χ1v) is 20.2. The van der Waals surface area contributed by atoms with Gasteiger partial charge in [0.25, 0.3) is 0 Å². The number of esters is 1. The van der Waals surface area contributed by atoms with Crippen LogP contribution in [0.2, 0.25) is 0 Å². The third-order valence-electron chi connectivity index (χ3n) is 8.55. The average Bonchev–Trinajstić information content (AvgIpc) is 3.07. The van der Waals surface area contributed by atoms with Gasteiger partial charge >= 0.3 is 5.97 Å². The molecule has 0 fully saturated rings. The number of hydrogen-bond donors (Lipinski definition) is 0. The van der Waals surface area contributed by atoms with E-state index in [9.17, 15) is 4.79 Å². The number of allylic oxidation sites excluding steroid dienone is 6. The molecule has 0 aliphatic rings. The zero-order valence-corrected chi connectivity index (χ0v) is 31.7. The quantitative estimate of drug-likeness (QED) is 0.0374.